The van der Waals surface area contributed by atoms with Gasteiger partial charge >= 0.3 is 0 Å². The van der Waals surface area contributed by atoms with Crippen molar-refractivity contribution in [3.05, 3.63) is 0 Å². The minimum atomic E-state index is 0.0312. The molecule has 11 heavy (non-hydrogen) atoms. The van der Waals surface area contributed by atoms with E-state index in [0.717, 1.165) is 0 Å². The van der Waals surface area contributed by atoms with E-state index in [1.165, 1.54) is 4.90 Å². The highest BCUT2D eigenvalue weighted by Gasteiger charge is 2.19. The number of hydrogen-bond acceptors (Lipinski definition) is 4. The molecular formula is C6H12N4O. The molecule has 0 saturated carbocycles. The molecule has 62 valence electrons. The van der Waals surface area contributed by atoms with E-state index in [1.54, 1.807) is 11.9 Å². The van der Waals surface area contributed by atoms with Gasteiger partial charge in [-0.2, -0.15) is 0 Å². The minimum absolute atomic E-state index is 0.0312. The molecule has 5 nitrogen and oxygen atoms in total. The Hall–Kier alpha value is -1.26. The molecule has 0 aromatic rings. The van der Waals surface area contributed by atoms with Crippen LogP contribution in [0.5, 0.6) is 0 Å². The van der Waals surface area contributed by atoms with Gasteiger partial charge in [0, 0.05) is 21.1 Å². The SMILES string of the molecule is CN(C)C1=NNCC(=O)N1C. The summed E-state index contributed by atoms with van der Waals surface area (Å²) in [5.41, 5.74) is 2.65. The van der Waals surface area contributed by atoms with E-state index in [-0.39, 0.29) is 12.5 Å². The molecule has 0 unspecified atom stereocenters. The summed E-state index contributed by atoms with van der Waals surface area (Å²) in [6, 6.07) is 0. The van der Waals surface area contributed by atoms with E-state index in [9.17, 15) is 4.79 Å². The Balaban J connectivity index is 2.78. The van der Waals surface area contributed by atoms with Crippen LogP contribution in [-0.4, -0.2) is 49.4 Å². The number of rotatable bonds is 0. The molecular weight excluding hydrogens is 144 g/mol. The maximum absolute atomic E-state index is 11.1. The monoisotopic (exact) mass is 156 g/mol. The first-order chi connectivity index (χ1) is 5.13. The first-order valence-electron chi connectivity index (χ1n) is 3.37. The van der Waals surface area contributed by atoms with Crippen LogP contribution >= 0.6 is 0 Å². The van der Waals surface area contributed by atoms with Crippen molar-refractivity contribution >= 4 is 11.9 Å². The lowest BCUT2D eigenvalue weighted by molar-refractivity contribution is -0.126. The van der Waals surface area contributed by atoms with Gasteiger partial charge in [0.25, 0.3) is 0 Å². The maximum Gasteiger partial charge on any atom is 0.250 e. The molecule has 1 N–H and O–H groups in total. The van der Waals surface area contributed by atoms with Crippen molar-refractivity contribution in [2.45, 2.75) is 0 Å². The van der Waals surface area contributed by atoms with Crippen LogP contribution in [0.1, 0.15) is 0 Å². The second kappa shape index (κ2) is 2.77. The van der Waals surface area contributed by atoms with Crippen molar-refractivity contribution in [3.8, 4) is 0 Å². The highest BCUT2D eigenvalue weighted by Crippen LogP contribution is 1.95. The van der Waals surface area contributed by atoms with Gasteiger partial charge in [-0.25, -0.2) is 0 Å². The molecule has 1 heterocycles. The van der Waals surface area contributed by atoms with Gasteiger partial charge in [0.2, 0.25) is 11.9 Å². The van der Waals surface area contributed by atoms with Gasteiger partial charge in [0.15, 0.2) is 0 Å². The zero-order chi connectivity index (χ0) is 8.43. The Morgan fingerprint density at radius 3 is 2.73 bits per heavy atom. The topological polar surface area (TPSA) is 47.9 Å². The van der Waals surface area contributed by atoms with Crippen molar-refractivity contribution in [1.82, 2.24) is 15.2 Å². The number of hydrazone groups is 1. The summed E-state index contributed by atoms with van der Waals surface area (Å²) in [5.74, 6) is 0.671. The largest absolute Gasteiger partial charge is 0.347 e. The number of likely N-dealkylation sites (N-methyl/N-ethyl adjacent to an activating group) is 1. The van der Waals surface area contributed by atoms with Gasteiger partial charge < -0.3 is 4.90 Å². The number of hydrogen-bond donors (Lipinski definition) is 1. The van der Waals surface area contributed by atoms with Crippen LogP contribution in [0.25, 0.3) is 0 Å². The van der Waals surface area contributed by atoms with Crippen LogP contribution in [-0.2, 0) is 4.79 Å². The summed E-state index contributed by atoms with van der Waals surface area (Å²) >= 11 is 0. The average molecular weight is 156 g/mol. The van der Waals surface area contributed by atoms with Gasteiger partial charge in [-0.05, 0) is 0 Å². The Morgan fingerprint density at radius 1 is 1.64 bits per heavy atom. The van der Waals surface area contributed by atoms with Crippen LogP contribution in [0.15, 0.2) is 5.10 Å². The molecule has 1 aliphatic heterocycles. The minimum Gasteiger partial charge on any atom is -0.347 e. The molecule has 0 radical (unpaired) electrons. The lowest BCUT2D eigenvalue weighted by atomic mass is 10.5. The fourth-order valence-electron chi connectivity index (χ4n) is 0.883. The van der Waals surface area contributed by atoms with E-state index in [1.807, 2.05) is 14.1 Å². The molecule has 0 aromatic heterocycles. The fraction of sp³-hybridized carbons (Fsp3) is 0.667. The first-order valence-corrected chi connectivity index (χ1v) is 3.37. The smallest absolute Gasteiger partial charge is 0.250 e. The van der Waals surface area contributed by atoms with E-state index in [4.69, 9.17) is 0 Å². The number of nitrogens with zero attached hydrogens (tertiary/aromatic N) is 3. The zero-order valence-electron chi connectivity index (χ0n) is 6.96. The van der Waals surface area contributed by atoms with Gasteiger partial charge in [0.05, 0.1) is 0 Å². The molecule has 0 spiro atoms. The average Bonchev–Trinajstić information content (AvgIpc) is 1.94. The van der Waals surface area contributed by atoms with Crippen LogP contribution in [0, 0.1) is 0 Å². The van der Waals surface area contributed by atoms with Crippen LogP contribution in [0.3, 0.4) is 0 Å². The number of amides is 1. The molecule has 1 rings (SSSR count). The van der Waals surface area contributed by atoms with Gasteiger partial charge in [-0.3, -0.25) is 15.1 Å². The number of carbonyl (C=O) groups is 1. The van der Waals surface area contributed by atoms with E-state index in [2.05, 4.69) is 10.5 Å². The van der Waals surface area contributed by atoms with Crippen molar-refractivity contribution in [2.24, 2.45) is 5.10 Å². The van der Waals surface area contributed by atoms with Crippen LogP contribution in [0.2, 0.25) is 0 Å². The second-order valence-corrected chi connectivity index (χ2v) is 2.59. The molecule has 0 aliphatic carbocycles. The summed E-state index contributed by atoms with van der Waals surface area (Å²) in [6.45, 7) is 0.286. The third-order valence-electron chi connectivity index (χ3n) is 1.48. The molecule has 0 bridgehead atoms. The molecule has 0 fully saturated rings. The number of carbonyl (C=O) groups excluding carboxylic acids is 1. The van der Waals surface area contributed by atoms with Crippen molar-refractivity contribution < 1.29 is 4.79 Å². The van der Waals surface area contributed by atoms with Crippen LogP contribution < -0.4 is 5.43 Å². The fourth-order valence-corrected chi connectivity index (χ4v) is 0.883. The normalized spacial score (nSPS) is 17.5. The van der Waals surface area contributed by atoms with Crippen molar-refractivity contribution in [3.63, 3.8) is 0 Å². The molecule has 5 heteroatoms. The summed E-state index contributed by atoms with van der Waals surface area (Å²) in [5, 5.41) is 3.96. The van der Waals surface area contributed by atoms with Gasteiger partial charge in [-0.15, -0.1) is 5.10 Å². The maximum atomic E-state index is 11.1. The lowest BCUT2D eigenvalue weighted by Crippen LogP contribution is -2.49. The quantitative estimate of drug-likeness (QED) is 0.483. The Bertz CT molecular complexity index is 199. The Kier molecular flexibility index (Phi) is 1.98. The standard InChI is InChI=1S/C6H12N4O/c1-9(2)6-8-7-4-5(11)10(6)3/h7H,4H2,1-3H3. The highest BCUT2D eigenvalue weighted by molar-refractivity contribution is 5.98. The summed E-state index contributed by atoms with van der Waals surface area (Å²) in [4.78, 5) is 14.4. The summed E-state index contributed by atoms with van der Waals surface area (Å²) in [7, 11) is 5.40. The van der Waals surface area contributed by atoms with Gasteiger partial charge in [-0.1, -0.05) is 0 Å². The first kappa shape index (κ1) is 7.84. The van der Waals surface area contributed by atoms with Crippen molar-refractivity contribution in [1.29, 1.82) is 0 Å². The van der Waals surface area contributed by atoms with E-state index < -0.39 is 0 Å². The molecule has 0 atom stereocenters. The second-order valence-electron chi connectivity index (χ2n) is 2.59. The molecule has 1 aliphatic rings. The Labute approximate surface area is 65.7 Å². The predicted octanol–water partition coefficient (Wildman–Crippen LogP) is -1.12. The predicted molar refractivity (Wildman–Crippen MR) is 41.9 cm³/mol. The number of nitrogens with one attached hydrogen (secondary N) is 1. The van der Waals surface area contributed by atoms with E-state index in [0.29, 0.717) is 5.96 Å². The number of guanidine groups is 1. The third-order valence-corrected chi connectivity index (χ3v) is 1.48. The highest BCUT2D eigenvalue weighted by atomic mass is 16.2. The Morgan fingerprint density at radius 2 is 2.27 bits per heavy atom. The van der Waals surface area contributed by atoms with E-state index >= 15 is 0 Å². The summed E-state index contributed by atoms with van der Waals surface area (Å²) < 4.78 is 0. The molecule has 1 amide bonds. The molecule has 0 saturated heterocycles. The van der Waals surface area contributed by atoms with Crippen LogP contribution in [0.4, 0.5) is 0 Å². The summed E-state index contributed by atoms with van der Waals surface area (Å²) in [6.07, 6.45) is 0. The lowest BCUT2D eigenvalue weighted by Gasteiger charge is -2.27. The zero-order valence-corrected chi connectivity index (χ0v) is 6.96. The van der Waals surface area contributed by atoms with Crippen molar-refractivity contribution in [2.75, 3.05) is 27.7 Å². The van der Waals surface area contributed by atoms with Gasteiger partial charge in [0.1, 0.15) is 6.54 Å². The third kappa shape index (κ3) is 1.42. The molecule has 0 aromatic carbocycles.